The summed E-state index contributed by atoms with van der Waals surface area (Å²) in [6.07, 6.45) is 0.681. The van der Waals surface area contributed by atoms with Gasteiger partial charge in [0.2, 0.25) is 0 Å². The highest BCUT2D eigenvalue weighted by molar-refractivity contribution is 7.91. The van der Waals surface area contributed by atoms with E-state index in [-0.39, 0.29) is 17.5 Å². The Balaban J connectivity index is 1.80. The second-order valence-electron chi connectivity index (χ2n) is 6.55. The summed E-state index contributed by atoms with van der Waals surface area (Å²) < 4.78 is 29.1. The van der Waals surface area contributed by atoms with Gasteiger partial charge in [-0.3, -0.25) is 4.90 Å². The molecular weight excluding hydrogens is 336 g/mol. The second-order valence-corrected chi connectivity index (χ2v) is 8.78. The van der Waals surface area contributed by atoms with E-state index in [1.807, 2.05) is 48.5 Å². The molecule has 1 unspecified atom stereocenters. The molecule has 1 aliphatic rings. The van der Waals surface area contributed by atoms with E-state index in [1.165, 1.54) is 0 Å². The number of benzene rings is 2. The molecule has 1 saturated heterocycles. The van der Waals surface area contributed by atoms with Crippen molar-refractivity contribution in [2.75, 3.05) is 24.3 Å². The second kappa shape index (κ2) is 7.45. The van der Waals surface area contributed by atoms with Gasteiger partial charge in [-0.15, -0.1) is 0 Å². The van der Waals surface area contributed by atoms with Gasteiger partial charge in [0.1, 0.15) is 5.75 Å². The molecule has 6 heteroatoms. The molecule has 1 heterocycles. The summed E-state index contributed by atoms with van der Waals surface area (Å²) in [5, 5.41) is 0. The molecule has 0 aromatic heterocycles. The first-order valence-corrected chi connectivity index (χ1v) is 10.2. The maximum absolute atomic E-state index is 11.9. The molecule has 0 amide bonds. The van der Waals surface area contributed by atoms with Crippen molar-refractivity contribution < 1.29 is 13.2 Å². The lowest BCUT2D eigenvalue weighted by Crippen LogP contribution is -2.35. The van der Waals surface area contributed by atoms with Crippen LogP contribution in [-0.2, 0) is 22.9 Å². The maximum atomic E-state index is 11.9. The largest absolute Gasteiger partial charge is 0.497 e. The Morgan fingerprint density at radius 1 is 1.12 bits per heavy atom. The number of nitrogens with two attached hydrogens (primary N) is 1. The van der Waals surface area contributed by atoms with Gasteiger partial charge in [0, 0.05) is 24.8 Å². The van der Waals surface area contributed by atoms with Gasteiger partial charge < -0.3 is 10.5 Å². The molecule has 1 aliphatic heterocycles. The highest BCUT2D eigenvalue weighted by atomic mass is 32.2. The van der Waals surface area contributed by atoms with Crippen LogP contribution in [0, 0.1) is 0 Å². The van der Waals surface area contributed by atoms with E-state index in [4.69, 9.17) is 10.5 Å². The van der Waals surface area contributed by atoms with E-state index >= 15 is 0 Å². The van der Waals surface area contributed by atoms with Crippen molar-refractivity contribution in [3.05, 3.63) is 59.7 Å². The summed E-state index contributed by atoms with van der Waals surface area (Å²) in [6.45, 7) is 1.37. The molecule has 25 heavy (non-hydrogen) atoms. The van der Waals surface area contributed by atoms with Crippen molar-refractivity contribution >= 4 is 15.5 Å². The molecule has 0 aliphatic carbocycles. The lowest BCUT2D eigenvalue weighted by atomic mass is 10.1. The van der Waals surface area contributed by atoms with E-state index in [0.29, 0.717) is 19.5 Å². The Bertz CT molecular complexity index is 819. The van der Waals surface area contributed by atoms with Gasteiger partial charge in [-0.25, -0.2) is 8.42 Å². The lowest BCUT2D eigenvalue weighted by Gasteiger charge is -2.28. The Morgan fingerprint density at radius 3 is 2.44 bits per heavy atom. The number of ether oxygens (including phenoxy) is 1. The Morgan fingerprint density at radius 2 is 1.84 bits per heavy atom. The van der Waals surface area contributed by atoms with Crippen LogP contribution < -0.4 is 10.5 Å². The van der Waals surface area contributed by atoms with Crippen LogP contribution in [0.3, 0.4) is 0 Å². The standard InChI is InChI=1S/C19H24N2O3S/c1-24-19-7-5-15(6-8-19)12-21(18-9-10-25(22,23)14-18)13-16-3-2-4-17(20)11-16/h2-8,11,18H,9-10,12-14,20H2,1H3. The molecule has 1 fully saturated rings. The molecule has 134 valence electrons. The number of hydrogen-bond donors (Lipinski definition) is 1. The van der Waals surface area contributed by atoms with Crippen molar-refractivity contribution in [3.8, 4) is 5.75 Å². The van der Waals surface area contributed by atoms with Crippen LogP contribution in [0.5, 0.6) is 5.75 Å². The first kappa shape index (κ1) is 17.8. The predicted molar refractivity (Wildman–Crippen MR) is 100 cm³/mol. The van der Waals surface area contributed by atoms with E-state index in [0.717, 1.165) is 22.6 Å². The minimum atomic E-state index is -2.93. The van der Waals surface area contributed by atoms with Gasteiger partial charge >= 0.3 is 0 Å². The van der Waals surface area contributed by atoms with E-state index in [1.54, 1.807) is 7.11 Å². The molecule has 1 atom stereocenters. The van der Waals surface area contributed by atoms with Crippen LogP contribution in [0.1, 0.15) is 17.5 Å². The molecule has 0 saturated carbocycles. The average Bonchev–Trinajstić information content (AvgIpc) is 2.95. The summed E-state index contributed by atoms with van der Waals surface area (Å²) in [4.78, 5) is 2.24. The monoisotopic (exact) mass is 360 g/mol. The molecule has 3 rings (SSSR count). The number of methoxy groups -OCH3 is 1. The van der Waals surface area contributed by atoms with Gasteiger partial charge in [-0.1, -0.05) is 24.3 Å². The number of hydrogen-bond acceptors (Lipinski definition) is 5. The molecule has 0 spiro atoms. The average molecular weight is 360 g/mol. The van der Waals surface area contributed by atoms with Crippen LogP contribution in [0.2, 0.25) is 0 Å². The number of anilines is 1. The van der Waals surface area contributed by atoms with Gasteiger partial charge in [0.15, 0.2) is 9.84 Å². The van der Waals surface area contributed by atoms with Crippen molar-refractivity contribution in [1.82, 2.24) is 4.90 Å². The molecule has 2 aromatic carbocycles. The normalized spacial score (nSPS) is 19.2. The zero-order chi connectivity index (χ0) is 17.9. The molecule has 0 radical (unpaired) electrons. The summed E-state index contributed by atoms with van der Waals surface area (Å²) in [6, 6.07) is 15.7. The molecule has 2 N–H and O–H groups in total. The van der Waals surface area contributed by atoms with Gasteiger partial charge in [0.25, 0.3) is 0 Å². The fourth-order valence-electron chi connectivity index (χ4n) is 3.27. The number of sulfone groups is 1. The smallest absolute Gasteiger partial charge is 0.151 e. The molecule has 5 nitrogen and oxygen atoms in total. The summed E-state index contributed by atoms with van der Waals surface area (Å²) >= 11 is 0. The minimum absolute atomic E-state index is 0.0357. The fourth-order valence-corrected chi connectivity index (χ4v) is 5.03. The summed E-state index contributed by atoms with van der Waals surface area (Å²) in [5.74, 6) is 1.31. The zero-order valence-electron chi connectivity index (χ0n) is 14.4. The summed E-state index contributed by atoms with van der Waals surface area (Å²) in [7, 11) is -1.29. The highest BCUT2D eigenvalue weighted by Crippen LogP contribution is 2.23. The quantitative estimate of drug-likeness (QED) is 0.801. The number of rotatable bonds is 6. The molecular formula is C19H24N2O3S. The van der Waals surface area contributed by atoms with Crippen LogP contribution in [0.25, 0.3) is 0 Å². The van der Waals surface area contributed by atoms with Crippen molar-refractivity contribution in [1.29, 1.82) is 0 Å². The summed E-state index contributed by atoms with van der Waals surface area (Å²) in [5.41, 5.74) is 8.84. The topological polar surface area (TPSA) is 72.6 Å². The third kappa shape index (κ3) is 4.74. The first-order valence-electron chi connectivity index (χ1n) is 8.37. The first-order chi connectivity index (χ1) is 11.9. The van der Waals surface area contributed by atoms with E-state index in [2.05, 4.69) is 4.90 Å². The van der Waals surface area contributed by atoms with Crippen LogP contribution >= 0.6 is 0 Å². The maximum Gasteiger partial charge on any atom is 0.151 e. The fraction of sp³-hybridized carbons (Fsp3) is 0.368. The van der Waals surface area contributed by atoms with Crippen molar-refractivity contribution in [2.24, 2.45) is 0 Å². The Labute approximate surface area is 149 Å². The van der Waals surface area contributed by atoms with Gasteiger partial charge in [0.05, 0.1) is 18.6 Å². The SMILES string of the molecule is COc1ccc(CN(Cc2cccc(N)c2)C2CCS(=O)(=O)C2)cc1. The molecule has 2 aromatic rings. The van der Waals surface area contributed by atoms with Crippen LogP contribution in [-0.4, -0.2) is 38.0 Å². The van der Waals surface area contributed by atoms with E-state index in [9.17, 15) is 8.42 Å². The van der Waals surface area contributed by atoms with Crippen molar-refractivity contribution in [2.45, 2.75) is 25.6 Å². The van der Waals surface area contributed by atoms with Gasteiger partial charge in [-0.05, 0) is 41.8 Å². The predicted octanol–water partition coefficient (Wildman–Crippen LogP) is 2.47. The lowest BCUT2D eigenvalue weighted by molar-refractivity contribution is 0.194. The Hall–Kier alpha value is -2.05. The van der Waals surface area contributed by atoms with Crippen molar-refractivity contribution in [3.63, 3.8) is 0 Å². The van der Waals surface area contributed by atoms with Crippen LogP contribution in [0.15, 0.2) is 48.5 Å². The number of nitrogens with zero attached hydrogens (tertiary/aromatic N) is 1. The minimum Gasteiger partial charge on any atom is -0.497 e. The number of nitrogen functional groups attached to an aromatic ring is 1. The van der Waals surface area contributed by atoms with Crippen LogP contribution in [0.4, 0.5) is 5.69 Å². The van der Waals surface area contributed by atoms with E-state index < -0.39 is 9.84 Å². The zero-order valence-corrected chi connectivity index (χ0v) is 15.2. The Kier molecular flexibility index (Phi) is 5.30. The van der Waals surface area contributed by atoms with Gasteiger partial charge in [-0.2, -0.15) is 0 Å². The third-order valence-electron chi connectivity index (χ3n) is 4.61. The molecule has 0 bridgehead atoms. The third-order valence-corrected chi connectivity index (χ3v) is 6.36. The highest BCUT2D eigenvalue weighted by Gasteiger charge is 2.32.